The van der Waals surface area contributed by atoms with E-state index in [1.165, 1.54) is 0 Å². The maximum atomic E-state index is 3.25. The average molecular weight is 349 g/mol. The van der Waals surface area contributed by atoms with E-state index in [0.717, 1.165) is 0 Å². The summed E-state index contributed by atoms with van der Waals surface area (Å²) in [5, 5.41) is 0. The Kier molecular flexibility index (Phi) is 86.8. The summed E-state index contributed by atoms with van der Waals surface area (Å²) in [6, 6.07) is 7.42. The fourth-order valence-electron chi connectivity index (χ4n) is 0.481. The van der Waals surface area contributed by atoms with Crippen LogP contribution in [-0.4, -0.2) is 9.97 Å². The topological polar surface area (TPSA) is 31.6 Å². The van der Waals surface area contributed by atoms with Gasteiger partial charge in [-0.3, -0.25) is 0 Å². The summed E-state index contributed by atoms with van der Waals surface area (Å²) in [4.78, 5) is 5.47. The Hall–Kier alpha value is -0.817. The molecule has 2 heterocycles. The molecule has 19 heavy (non-hydrogen) atoms. The number of nitrogens with one attached hydrogen (secondary N) is 2. The van der Waals surface area contributed by atoms with Crippen molar-refractivity contribution in [1.29, 1.82) is 0 Å². The molecular weight excluding hydrogens is 321 g/mol. The number of rotatable bonds is 0. The van der Waals surface area contributed by atoms with Crippen molar-refractivity contribution in [2.24, 2.45) is 0 Å². The molecule has 0 aliphatic heterocycles. The van der Waals surface area contributed by atoms with Crippen LogP contribution in [0.25, 0.3) is 0 Å². The minimum Gasteiger partial charge on any atom is -0.484 e. The van der Waals surface area contributed by atoms with Crippen molar-refractivity contribution in [2.45, 2.75) is 27.7 Å². The smallest absolute Gasteiger partial charge is 0.484 e. The number of H-pyrrole nitrogens is 2. The van der Waals surface area contributed by atoms with Gasteiger partial charge in [0.05, 0.1) is 0 Å². The first-order valence-electron chi connectivity index (χ1n) is 5.82. The molecule has 110 valence electrons. The zero-order valence-corrected chi connectivity index (χ0v) is 14.4. The number of aromatic nitrogens is 2. The zero-order valence-electron chi connectivity index (χ0n) is 12.6. The van der Waals surface area contributed by atoms with Crippen LogP contribution in [0.15, 0.2) is 36.7 Å². The van der Waals surface area contributed by atoms with Crippen LogP contribution in [0.4, 0.5) is 0 Å². The third-order valence-corrected chi connectivity index (χ3v) is 0.885. The SMILES string of the molecule is [CH2-]C.[CH2-]C.[CH2-]C.[CH2-]C.[Ru+6].[c-]1ccc[nH]1.[c-]1ccc[nH]1. The minimum absolute atomic E-state index is 0. The van der Waals surface area contributed by atoms with Gasteiger partial charge in [0.2, 0.25) is 0 Å². The monoisotopic (exact) mass is 350 g/mol. The van der Waals surface area contributed by atoms with Crippen LogP contribution < -0.4 is 0 Å². The van der Waals surface area contributed by atoms with Crippen LogP contribution >= 0.6 is 0 Å². The molecule has 0 fully saturated rings. The summed E-state index contributed by atoms with van der Waals surface area (Å²) in [6.07, 6.45) is 9.11. The van der Waals surface area contributed by atoms with Crippen LogP contribution in [0.3, 0.4) is 0 Å². The van der Waals surface area contributed by atoms with Gasteiger partial charge in [-0.15, -0.1) is 12.4 Å². The molecule has 3 heteroatoms. The molecule has 2 aromatic rings. The predicted octanol–water partition coefficient (Wildman–Crippen LogP) is 4.99. The Morgan fingerprint density at radius 3 is 0.947 bits per heavy atom. The molecule has 0 aromatic carbocycles. The maximum Gasteiger partial charge on any atom is 6.00 e. The normalized spacial score (nSPS) is 5.47. The molecule has 0 radical (unpaired) electrons. The number of hydrogen-bond acceptors (Lipinski definition) is 0. The second-order valence-electron chi connectivity index (χ2n) is 1.63. The molecule has 0 atom stereocenters. The second-order valence-corrected chi connectivity index (χ2v) is 1.63. The van der Waals surface area contributed by atoms with Gasteiger partial charge in [-0.2, -0.15) is 64.4 Å². The standard InChI is InChI=1S/2C4H4N.4C2H5.Ru/c2*1-2-4-5-3-1;4*1-2;/h2*1-3,5H;4*1H2,2H3;/q6*-1;+6. The number of aromatic amines is 2. The Morgan fingerprint density at radius 2 is 0.895 bits per heavy atom. The van der Waals surface area contributed by atoms with Gasteiger partial charge in [-0.1, -0.05) is 0 Å². The van der Waals surface area contributed by atoms with Crippen molar-refractivity contribution in [2.75, 3.05) is 0 Å². The summed E-state index contributed by atoms with van der Waals surface area (Å²) in [5.41, 5.74) is 0. The van der Waals surface area contributed by atoms with E-state index in [1.807, 2.05) is 36.7 Å². The molecule has 0 aliphatic carbocycles. The first kappa shape index (κ1) is 30.9. The van der Waals surface area contributed by atoms with Gasteiger partial charge in [0, 0.05) is 0 Å². The first-order chi connectivity index (χ1) is 9.00. The van der Waals surface area contributed by atoms with E-state index in [9.17, 15) is 0 Å². The molecule has 0 saturated carbocycles. The summed E-state index contributed by atoms with van der Waals surface area (Å²) < 4.78 is 0. The molecule has 0 spiro atoms. The molecular formula is C16H28N2Ru. The van der Waals surface area contributed by atoms with Gasteiger partial charge >= 0.3 is 19.5 Å². The van der Waals surface area contributed by atoms with Gasteiger partial charge in [0.1, 0.15) is 0 Å². The van der Waals surface area contributed by atoms with E-state index in [1.54, 1.807) is 27.7 Å². The summed E-state index contributed by atoms with van der Waals surface area (Å²) in [6.45, 7) is 20.0. The Morgan fingerprint density at radius 1 is 0.632 bits per heavy atom. The second kappa shape index (κ2) is 53.4. The molecule has 0 saturated heterocycles. The van der Waals surface area contributed by atoms with Crippen molar-refractivity contribution in [3.05, 3.63) is 76.7 Å². The molecule has 2 rings (SSSR count). The van der Waals surface area contributed by atoms with Crippen LogP contribution in [-0.2, 0) is 19.5 Å². The molecule has 2 aromatic heterocycles. The number of hydrogen-bond donors (Lipinski definition) is 2. The van der Waals surface area contributed by atoms with E-state index < -0.39 is 0 Å². The predicted molar refractivity (Wildman–Crippen MR) is 83.4 cm³/mol. The van der Waals surface area contributed by atoms with Gasteiger partial charge in [0.15, 0.2) is 0 Å². The van der Waals surface area contributed by atoms with Gasteiger partial charge in [-0.25, -0.2) is 0 Å². The molecule has 2 N–H and O–H groups in total. The fraction of sp³-hybridized carbons (Fsp3) is 0.250. The third kappa shape index (κ3) is 47.0. The fourth-order valence-corrected chi connectivity index (χ4v) is 0.481. The van der Waals surface area contributed by atoms with Crippen molar-refractivity contribution in [3.8, 4) is 0 Å². The minimum atomic E-state index is 0. The van der Waals surface area contributed by atoms with E-state index >= 15 is 0 Å². The van der Waals surface area contributed by atoms with E-state index in [2.05, 4.69) is 50.1 Å². The van der Waals surface area contributed by atoms with Crippen LogP contribution in [0.1, 0.15) is 27.7 Å². The first-order valence-corrected chi connectivity index (χ1v) is 5.82. The molecule has 2 nitrogen and oxygen atoms in total. The summed E-state index contributed by atoms with van der Waals surface area (Å²) in [5.74, 6) is 0. The van der Waals surface area contributed by atoms with Crippen molar-refractivity contribution in [1.82, 2.24) is 9.97 Å². The van der Waals surface area contributed by atoms with E-state index in [4.69, 9.17) is 0 Å². The maximum absolute atomic E-state index is 3.25. The largest absolute Gasteiger partial charge is 6.00 e. The van der Waals surface area contributed by atoms with Gasteiger partial charge in [0.25, 0.3) is 0 Å². The van der Waals surface area contributed by atoms with Crippen molar-refractivity contribution in [3.63, 3.8) is 0 Å². The molecule has 0 bridgehead atoms. The quantitative estimate of drug-likeness (QED) is 0.496. The Balaban J connectivity index is -0.0000000443. The van der Waals surface area contributed by atoms with Crippen LogP contribution in [0, 0.1) is 40.1 Å². The third-order valence-electron chi connectivity index (χ3n) is 0.885. The van der Waals surface area contributed by atoms with Gasteiger partial charge < -0.3 is 37.7 Å². The Labute approximate surface area is 134 Å². The zero-order chi connectivity index (χ0) is 15.1. The molecule has 0 aliphatic rings. The summed E-state index contributed by atoms with van der Waals surface area (Å²) in [7, 11) is 0. The van der Waals surface area contributed by atoms with Crippen LogP contribution in [0.2, 0.25) is 0 Å². The summed E-state index contributed by atoms with van der Waals surface area (Å²) >= 11 is 0. The van der Waals surface area contributed by atoms with E-state index in [0.29, 0.717) is 0 Å². The van der Waals surface area contributed by atoms with Crippen molar-refractivity contribution < 1.29 is 19.5 Å². The van der Waals surface area contributed by atoms with Gasteiger partial charge in [-0.05, 0) is 0 Å². The Bertz CT molecular complexity index is 154. The van der Waals surface area contributed by atoms with Crippen LogP contribution in [0.5, 0.6) is 0 Å². The molecule has 0 amide bonds. The van der Waals surface area contributed by atoms with Crippen molar-refractivity contribution >= 4 is 0 Å². The average Bonchev–Trinajstić information content (AvgIpc) is 3.25. The van der Waals surface area contributed by atoms with E-state index in [-0.39, 0.29) is 19.5 Å². The molecule has 0 unspecified atom stereocenters.